The van der Waals surface area contributed by atoms with E-state index in [9.17, 15) is 9.50 Å². The number of hydrogen-bond acceptors (Lipinski definition) is 2. The van der Waals surface area contributed by atoms with Gasteiger partial charge in [0.15, 0.2) is 0 Å². The van der Waals surface area contributed by atoms with Crippen LogP contribution in [0.1, 0.15) is 28.8 Å². The molecule has 0 spiro atoms. The molecular formula is C13H13FO2. The van der Waals surface area contributed by atoms with Gasteiger partial charge in [-0.2, -0.15) is 0 Å². The van der Waals surface area contributed by atoms with Gasteiger partial charge in [0, 0.05) is 0 Å². The second kappa shape index (κ2) is 4.10. The van der Waals surface area contributed by atoms with Crippen molar-refractivity contribution in [3.63, 3.8) is 0 Å². The zero-order chi connectivity index (χ0) is 11.7. The van der Waals surface area contributed by atoms with E-state index in [1.54, 1.807) is 38.1 Å². The molecule has 0 amide bonds. The number of aryl methyl sites for hydroxylation is 2. The van der Waals surface area contributed by atoms with Gasteiger partial charge in [-0.3, -0.25) is 0 Å². The molecule has 0 bridgehead atoms. The lowest BCUT2D eigenvalue weighted by molar-refractivity contribution is 0.187. The summed E-state index contributed by atoms with van der Waals surface area (Å²) in [6.07, 6.45) is -0.913. The molecule has 0 aliphatic carbocycles. The van der Waals surface area contributed by atoms with E-state index in [-0.39, 0.29) is 5.82 Å². The third kappa shape index (κ3) is 1.99. The smallest absolute Gasteiger partial charge is 0.137 e. The third-order valence-corrected chi connectivity index (χ3v) is 2.54. The molecule has 0 saturated heterocycles. The van der Waals surface area contributed by atoms with Gasteiger partial charge >= 0.3 is 0 Å². The van der Waals surface area contributed by atoms with Crippen LogP contribution in [0.2, 0.25) is 0 Å². The van der Waals surface area contributed by atoms with Gasteiger partial charge in [-0.25, -0.2) is 4.39 Å². The van der Waals surface area contributed by atoms with Crippen molar-refractivity contribution in [3.8, 4) is 0 Å². The molecule has 2 nitrogen and oxygen atoms in total. The third-order valence-electron chi connectivity index (χ3n) is 2.54. The maximum atomic E-state index is 13.3. The maximum Gasteiger partial charge on any atom is 0.137 e. The molecule has 0 aliphatic rings. The summed E-state index contributed by atoms with van der Waals surface area (Å²) in [5, 5.41) is 9.96. The van der Waals surface area contributed by atoms with Crippen molar-refractivity contribution in [2.75, 3.05) is 0 Å². The van der Waals surface area contributed by atoms with Gasteiger partial charge in [-0.05, 0) is 43.2 Å². The van der Waals surface area contributed by atoms with Crippen molar-refractivity contribution in [2.45, 2.75) is 20.0 Å². The SMILES string of the molecule is Cc1ccc([C@H](O)c2ccc(C)c(F)c2)o1. The molecule has 0 saturated carbocycles. The maximum absolute atomic E-state index is 13.3. The molecule has 0 radical (unpaired) electrons. The molecule has 2 rings (SSSR count). The van der Waals surface area contributed by atoms with E-state index in [4.69, 9.17) is 4.42 Å². The van der Waals surface area contributed by atoms with Crippen LogP contribution in [-0.4, -0.2) is 5.11 Å². The normalized spacial score (nSPS) is 12.8. The van der Waals surface area contributed by atoms with Crippen molar-refractivity contribution in [1.29, 1.82) is 0 Å². The zero-order valence-electron chi connectivity index (χ0n) is 9.20. The van der Waals surface area contributed by atoms with E-state index in [1.807, 2.05) is 0 Å². The minimum absolute atomic E-state index is 0.320. The Morgan fingerprint density at radius 3 is 2.50 bits per heavy atom. The quantitative estimate of drug-likeness (QED) is 0.843. The Bertz CT molecular complexity index is 502. The molecule has 1 aromatic heterocycles. The summed E-state index contributed by atoms with van der Waals surface area (Å²) in [4.78, 5) is 0. The number of hydrogen-bond donors (Lipinski definition) is 1. The Hall–Kier alpha value is -1.61. The van der Waals surface area contributed by atoms with Gasteiger partial charge in [0.1, 0.15) is 23.4 Å². The average molecular weight is 220 g/mol. The zero-order valence-corrected chi connectivity index (χ0v) is 9.20. The largest absolute Gasteiger partial charge is 0.463 e. The van der Waals surface area contributed by atoms with Crippen molar-refractivity contribution >= 4 is 0 Å². The topological polar surface area (TPSA) is 33.4 Å². The van der Waals surface area contributed by atoms with Gasteiger partial charge in [0.05, 0.1) is 0 Å². The number of furan rings is 1. The van der Waals surface area contributed by atoms with Crippen molar-refractivity contribution in [3.05, 3.63) is 58.8 Å². The van der Waals surface area contributed by atoms with Crippen LogP contribution in [-0.2, 0) is 0 Å². The molecule has 0 aliphatic heterocycles. The lowest BCUT2D eigenvalue weighted by Gasteiger charge is -2.09. The highest BCUT2D eigenvalue weighted by molar-refractivity contribution is 5.29. The van der Waals surface area contributed by atoms with Gasteiger partial charge in [0.25, 0.3) is 0 Å². The molecule has 0 unspecified atom stereocenters. The van der Waals surface area contributed by atoms with Gasteiger partial charge in [-0.1, -0.05) is 12.1 Å². The fraction of sp³-hybridized carbons (Fsp3) is 0.231. The Kier molecular flexibility index (Phi) is 2.79. The van der Waals surface area contributed by atoms with Crippen LogP contribution < -0.4 is 0 Å². The highest BCUT2D eigenvalue weighted by Gasteiger charge is 2.15. The summed E-state index contributed by atoms with van der Waals surface area (Å²) in [5.41, 5.74) is 1.06. The molecule has 1 heterocycles. The fourth-order valence-corrected chi connectivity index (χ4v) is 1.54. The highest BCUT2D eigenvalue weighted by Crippen LogP contribution is 2.24. The Morgan fingerprint density at radius 1 is 1.19 bits per heavy atom. The molecule has 1 N–H and O–H groups in total. The van der Waals surface area contributed by atoms with Gasteiger partial charge in [0.2, 0.25) is 0 Å². The summed E-state index contributed by atoms with van der Waals surface area (Å²) < 4.78 is 18.6. The molecule has 16 heavy (non-hydrogen) atoms. The molecule has 0 fully saturated rings. The fourth-order valence-electron chi connectivity index (χ4n) is 1.54. The van der Waals surface area contributed by atoms with Crippen molar-refractivity contribution in [1.82, 2.24) is 0 Å². The monoisotopic (exact) mass is 220 g/mol. The number of halogens is 1. The standard InChI is InChI=1S/C13H13FO2/c1-8-3-5-10(7-11(8)14)13(15)12-6-4-9(2)16-12/h3-7,13,15H,1-2H3/t13-/m1/s1. The summed E-state index contributed by atoms with van der Waals surface area (Å²) in [5.74, 6) is 0.835. The number of rotatable bonds is 2. The summed E-state index contributed by atoms with van der Waals surface area (Å²) in [7, 11) is 0. The van der Waals surface area contributed by atoms with Crippen molar-refractivity contribution < 1.29 is 13.9 Å². The second-order valence-electron chi connectivity index (χ2n) is 3.86. The predicted octanol–water partition coefficient (Wildman–Crippen LogP) is 3.12. The van der Waals surface area contributed by atoms with Crippen LogP contribution >= 0.6 is 0 Å². The lowest BCUT2D eigenvalue weighted by atomic mass is 10.1. The van der Waals surface area contributed by atoms with Crippen molar-refractivity contribution in [2.24, 2.45) is 0 Å². The van der Waals surface area contributed by atoms with Crippen LogP contribution in [0.15, 0.2) is 34.7 Å². The first-order valence-electron chi connectivity index (χ1n) is 5.08. The Morgan fingerprint density at radius 2 is 1.94 bits per heavy atom. The molecule has 3 heteroatoms. The second-order valence-corrected chi connectivity index (χ2v) is 3.86. The molecule has 1 atom stereocenters. The summed E-state index contributed by atoms with van der Waals surface area (Å²) >= 11 is 0. The molecule has 2 aromatic rings. The van der Waals surface area contributed by atoms with E-state index in [0.717, 1.165) is 5.76 Å². The van der Waals surface area contributed by atoms with E-state index < -0.39 is 6.10 Å². The highest BCUT2D eigenvalue weighted by atomic mass is 19.1. The van der Waals surface area contributed by atoms with Gasteiger partial charge in [-0.15, -0.1) is 0 Å². The molecular weight excluding hydrogens is 207 g/mol. The first-order chi connectivity index (χ1) is 7.58. The first-order valence-corrected chi connectivity index (χ1v) is 5.08. The van der Waals surface area contributed by atoms with Crippen LogP contribution in [0.3, 0.4) is 0 Å². The Balaban J connectivity index is 2.33. The van der Waals surface area contributed by atoms with Crippen LogP contribution in [0.5, 0.6) is 0 Å². The average Bonchev–Trinajstić information content (AvgIpc) is 2.68. The molecule has 1 aromatic carbocycles. The summed E-state index contributed by atoms with van der Waals surface area (Å²) in [6.45, 7) is 3.48. The summed E-state index contributed by atoms with van der Waals surface area (Å²) in [6, 6.07) is 8.13. The van der Waals surface area contributed by atoms with Gasteiger partial charge < -0.3 is 9.52 Å². The van der Waals surface area contributed by atoms with Crippen LogP contribution in [0.25, 0.3) is 0 Å². The minimum atomic E-state index is -0.913. The Labute approximate surface area is 93.3 Å². The minimum Gasteiger partial charge on any atom is -0.463 e. The van der Waals surface area contributed by atoms with E-state index in [1.165, 1.54) is 6.07 Å². The van der Waals surface area contributed by atoms with E-state index >= 15 is 0 Å². The van der Waals surface area contributed by atoms with E-state index in [0.29, 0.717) is 16.9 Å². The molecule has 84 valence electrons. The van der Waals surface area contributed by atoms with Crippen LogP contribution in [0, 0.1) is 19.7 Å². The van der Waals surface area contributed by atoms with E-state index in [2.05, 4.69) is 0 Å². The van der Waals surface area contributed by atoms with Crippen LogP contribution in [0.4, 0.5) is 4.39 Å². The number of aliphatic hydroxyl groups excluding tert-OH is 1. The predicted molar refractivity (Wildman–Crippen MR) is 58.6 cm³/mol. The lowest BCUT2D eigenvalue weighted by Crippen LogP contribution is -1.99. The number of benzene rings is 1. The number of aliphatic hydroxyl groups is 1. The first kappa shape index (κ1) is 10.9.